The molecule has 0 fully saturated rings. The lowest BCUT2D eigenvalue weighted by Crippen LogP contribution is -2.35. The van der Waals surface area contributed by atoms with Crippen LogP contribution in [0.2, 0.25) is 0 Å². The molecule has 0 heterocycles. The summed E-state index contributed by atoms with van der Waals surface area (Å²) < 4.78 is 31.1. The van der Waals surface area contributed by atoms with Gasteiger partial charge in [0, 0.05) is 13.2 Å². The van der Waals surface area contributed by atoms with Crippen LogP contribution in [0, 0.1) is 0 Å². The maximum absolute atomic E-state index is 11.9. The average Bonchev–Trinajstić information content (AvgIpc) is 2.28. The van der Waals surface area contributed by atoms with Gasteiger partial charge in [0.15, 0.2) is 0 Å². The van der Waals surface area contributed by atoms with E-state index in [1.807, 2.05) is 0 Å². The third-order valence-corrected chi connectivity index (χ3v) is 3.79. The van der Waals surface area contributed by atoms with Crippen molar-refractivity contribution in [1.29, 1.82) is 0 Å². The monoisotopic (exact) mass is 259 g/mol. The number of sulfonamides is 1. The fourth-order valence-corrected chi connectivity index (χ4v) is 2.62. The maximum atomic E-state index is 11.9. The molecule has 0 aliphatic carbocycles. The van der Waals surface area contributed by atoms with Gasteiger partial charge in [-0.15, -0.1) is 0 Å². The van der Waals surface area contributed by atoms with Crippen LogP contribution in [0.4, 0.5) is 0 Å². The summed E-state index contributed by atoms with van der Waals surface area (Å²) in [5.74, 6) is 0. The highest BCUT2D eigenvalue weighted by molar-refractivity contribution is 7.89. The zero-order valence-electron chi connectivity index (χ0n) is 9.88. The lowest BCUT2D eigenvalue weighted by Gasteiger charge is -2.13. The molecule has 96 valence electrons. The van der Waals surface area contributed by atoms with Gasteiger partial charge in [0.2, 0.25) is 10.0 Å². The fraction of sp³-hybridized carbons (Fsp3) is 0.455. The van der Waals surface area contributed by atoms with Gasteiger partial charge in [-0.3, -0.25) is 0 Å². The molecule has 1 atom stereocenters. The normalized spacial score (nSPS) is 13.6. The van der Waals surface area contributed by atoms with Crippen molar-refractivity contribution in [3.63, 3.8) is 0 Å². The molecular weight excluding hydrogens is 242 g/mol. The van der Waals surface area contributed by atoms with Crippen LogP contribution in [0.25, 0.3) is 0 Å². The largest absolute Gasteiger partial charge is 0.392 e. The van der Waals surface area contributed by atoms with Gasteiger partial charge in [-0.1, -0.05) is 12.1 Å². The fourth-order valence-electron chi connectivity index (χ4n) is 1.39. The number of hydrogen-bond donors (Lipinski definition) is 2. The summed E-state index contributed by atoms with van der Waals surface area (Å²) in [7, 11) is -2.00. The smallest absolute Gasteiger partial charge is 0.240 e. The first-order valence-electron chi connectivity index (χ1n) is 5.20. The van der Waals surface area contributed by atoms with Crippen LogP contribution in [0.15, 0.2) is 29.2 Å². The Kier molecular flexibility index (Phi) is 5.07. The number of nitrogens with one attached hydrogen (secondary N) is 1. The van der Waals surface area contributed by atoms with Crippen LogP contribution < -0.4 is 4.72 Å². The SMILES string of the molecule is COCC(C)NS(=O)(=O)c1ccc(CO)cc1. The van der Waals surface area contributed by atoms with Gasteiger partial charge in [0.05, 0.1) is 18.1 Å². The second-order valence-electron chi connectivity index (χ2n) is 3.78. The molecule has 1 aromatic rings. The van der Waals surface area contributed by atoms with Crippen LogP contribution in [-0.2, 0) is 21.4 Å². The summed E-state index contributed by atoms with van der Waals surface area (Å²) in [6.07, 6.45) is 0. The minimum Gasteiger partial charge on any atom is -0.392 e. The standard InChI is InChI=1S/C11H17NO4S/c1-9(8-16-2)12-17(14,15)11-5-3-10(7-13)4-6-11/h3-6,9,12-13H,7-8H2,1-2H3. The number of benzene rings is 1. The van der Waals surface area contributed by atoms with Crippen LogP contribution in [0.1, 0.15) is 12.5 Å². The van der Waals surface area contributed by atoms with Gasteiger partial charge in [-0.25, -0.2) is 13.1 Å². The molecule has 0 amide bonds. The molecule has 0 radical (unpaired) electrons. The molecule has 0 bridgehead atoms. The Bertz CT molecular complexity index is 441. The molecule has 1 aromatic carbocycles. The van der Waals surface area contributed by atoms with Crippen LogP contribution >= 0.6 is 0 Å². The number of methoxy groups -OCH3 is 1. The summed E-state index contributed by atoms with van der Waals surface area (Å²) in [6.45, 7) is 1.94. The zero-order chi connectivity index (χ0) is 12.9. The van der Waals surface area contributed by atoms with Crippen LogP contribution in [-0.4, -0.2) is 33.3 Å². The van der Waals surface area contributed by atoms with E-state index in [0.717, 1.165) is 0 Å². The first-order valence-corrected chi connectivity index (χ1v) is 6.69. The summed E-state index contributed by atoms with van der Waals surface area (Å²) in [5.41, 5.74) is 0.675. The molecule has 6 heteroatoms. The Morgan fingerprint density at radius 2 is 1.94 bits per heavy atom. The zero-order valence-corrected chi connectivity index (χ0v) is 10.7. The Morgan fingerprint density at radius 1 is 1.35 bits per heavy atom. The Balaban J connectivity index is 2.82. The molecule has 5 nitrogen and oxygen atoms in total. The van der Waals surface area contributed by atoms with Crippen molar-refractivity contribution in [3.8, 4) is 0 Å². The van der Waals surface area contributed by atoms with E-state index in [-0.39, 0.29) is 17.5 Å². The highest BCUT2D eigenvalue weighted by Gasteiger charge is 2.16. The highest BCUT2D eigenvalue weighted by Crippen LogP contribution is 2.11. The molecule has 17 heavy (non-hydrogen) atoms. The van der Waals surface area contributed by atoms with Crippen molar-refractivity contribution in [3.05, 3.63) is 29.8 Å². The summed E-state index contributed by atoms with van der Waals surface area (Å²) in [4.78, 5) is 0.178. The number of aliphatic hydroxyl groups is 1. The molecule has 0 aliphatic rings. The minimum atomic E-state index is -3.52. The summed E-state index contributed by atoms with van der Waals surface area (Å²) >= 11 is 0. The number of rotatable bonds is 6. The van der Waals surface area contributed by atoms with Gasteiger partial charge in [0.25, 0.3) is 0 Å². The first-order chi connectivity index (χ1) is 7.99. The molecule has 0 saturated carbocycles. The quantitative estimate of drug-likeness (QED) is 0.779. The predicted molar refractivity (Wildman–Crippen MR) is 64.0 cm³/mol. The maximum Gasteiger partial charge on any atom is 0.240 e. The molecular formula is C11H17NO4S. The predicted octanol–water partition coefficient (Wildman–Crippen LogP) is 0.492. The van der Waals surface area contributed by atoms with Crippen molar-refractivity contribution in [2.45, 2.75) is 24.5 Å². The van der Waals surface area contributed by atoms with Crippen molar-refractivity contribution in [2.75, 3.05) is 13.7 Å². The lowest BCUT2D eigenvalue weighted by molar-refractivity contribution is 0.180. The van der Waals surface area contributed by atoms with Gasteiger partial charge in [0.1, 0.15) is 0 Å². The van der Waals surface area contributed by atoms with Crippen molar-refractivity contribution < 1.29 is 18.3 Å². The second kappa shape index (κ2) is 6.11. The molecule has 0 spiro atoms. The van der Waals surface area contributed by atoms with E-state index in [0.29, 0.717) is 12.2 Å². The molecule has 1 rings (SSSR count). The van der Waals surface area contributed by atoms with E-state index >= 15 is 0 Å². The summed E-state index contributed by atoms with van der Waals surface area (Å²) in [5, 5.41) is 8.87. The lowest BCUT2D eigenvalue weighted by atomic mass is 10.2. The Hall–Kier alpha value is -0.950. The number of aliphatic hydroxyl groups excluding tert-OH is 1. The van der Waals surface area contributed by atoms with Gasteiger partial charge in [-0.2, -0.15) is 0 Å². The Labute approximate surface area is 101 Å². The third-order valence-electron chi connectivity index (χ3n) is 2.19. The minimum absolute atomic E-state index is 0.103. The van der Waals surface area contributed by atoms with Crippen LogP contribution in [0.5, 0.6) is 0 Å². The van der Waals surface area contributed by atoms with Gasteiger partial charge < -0.3 is 9.84 Å². The van der Waals surface area contributed by atoms with E-state index < -0.39 is 10.0 Å². The number of ether oxygens (including phenoxy) is 1. The van der Waals surface area contributed by atoms with Gasteiger partial charge >= 0.3 is 0 Å². The van der Waals surface area contributed by atoms with Crippen molar-refractivity contribution in [2.24, 2.45) is 0 Å². The van der Waals surface area contributed by atoms with E-state index in [1.54, 1.807) is 19.1 Å². The first kappa shape index (κ1) is 14.1. The Morgan fingerprint density at radius 3 is 2.41 bits per heavy atom. The van der Waals surface area contributed by atoms with Crippen molar-refractivity contribution >= 4 is 10.0 Å². The molecule has 0 aliphatic heterocycles. The molecule has 2 N–H and O–H groups in total. The average molecular weight is 259 g/mol. The van der Waals surface area contributed by atoms with E-state index in [4.69, 9.17) is 9.84 Å². The molecule has 0 saturated heterocycles. The highest BCUT2D eigenvalue weighted by atomic mass is 32.2. The summed E-state index contributed by atoms with van der Waals surface area (Å²) in [6, 6.07) is 5.80. The van der Waals surface area contributed by atoms with E-state index in [2.05, 4.69) is 4.72 Å². The third kappa shape index (κ3) is 4.08. The second-order valence-corrected chi connectivity index (χ2v) is 5.49. The molecule has 0 aromatic heterocycles. The number of hydrogen-bond acceptors (Lipinski definition) is 4. The van der Waals surface area contributed by atoms with Crippen molar-refractivity contribution in [1.82, 2.24) is 4.72 Å². The molecule has 1 unspecified atom stereocenters. The van der Waals surface area contributed by atoms with E-state index in [9.17, 15) is 8.42 Å². The van der Waals surface area contributed by atoms with Crippen LogP contribution in [0.3, 0.4) is 0 Å². The van der Waals surface area contributed by atoms with E-state index in [1.165, 1.54) is 19.2 Å². The topological polar surface area (TPSA) is 75.6 Å². The van der Waals surface area contributed by atoms with Gasteiger partial charge in [-0.05, 0) is 24.6 Å².